The van der Waals surface area contributed by atoms with Crippen molar-refractivity contribution in [2.45, 2.75) is 25.8 Å². The van der Waals surface area contributed by atoms with Gasteiger partial charge in [0.05, 0.1) is 0 Å². The van der Waals surface area contributed by atoms with E-state index in [2.05, 4.69) is 28.9 Å². The van der Waals surface area contributed by atoms with Gasteiger partial charge in [-0.1, -0.05) is 6.07 Å². The fourth-order valence-electron chi connectivity index (χ4n) is 1.87. The van der Waals surface area contributed by atoms with Gasteiger partial charge in [0.25, 0.3) is 0 Å². The molecule has 1 saturated heterocycles. The van der Waals surface area contributed by atoms with E-state index in [1.54, 1.807) is 0 Å². The second kappa shape index (κ2) is 3.96. The van der Waals surface area contributed by atoms with Crippen LogP contribution in [-0.2, 0) is 0 Å². The van der Waals surface area contributed by atoms with Gasteiger partial charge in [0.2, 0.25) is 0 Å². The van der Waals surface area contributed by atoms with E-state index in [0.717, 1.165) is 25.3 Å². The number of hydrogen-bond donors (Lipinski definition) is 1. The second-order valence-electron chi connectivity index (χ2n) is 4.04. The molecule has 1 fully saturated rings. The van der Waals surface area contributed by atoms with Crippen LogP contribution in [0.1, 0.15) is 18.4 Å². The van der Waals surface area contributed by atoms with Crippen LogP contribution < -0.4 is 10.6 Å². The number of piperidine rings is 1. The third-order valence-electron chi connectivity index (χ3n) is 2.68. The van der Waals surface area contributed by atoms with Gasteiger partial charge in [0.1, 0.15) is 5.82 Å². The van der Waals surface area contributed by atoms with E-state index in [1.807, 2.05) is 6.20 Å². The van der Waals surface area contributed by atoms with Gasteiger partial charge in [0.15, 0.2) is 0 Å². The molecule has 1 aromatic heterocycles. The van der Waals surface area contributed by atoms with Gasteiger partial charge in [-0.3, -0.25) is 0 Å². The van der Waals surface area contributed by atoms with Crippen molar-refractivity contribution in [1.82, 2.24) is 4.98 Å². The van der Waals surface area contributed by atoms with Gasteiger partial charge in [-0.2, -0.15) is 0 Å². The molecule has 3 nitrogen and oxygen atoms in total. The normalized spacial score (nSPS) is 22.4. The summed E-state index contributed by atoms with van der Waals surface area (Å²) in [6.45, 7) is 4.08. The predicted molar refractivity (Wildman–Crippen MR) is 58.4 cm³/mol. The predicted octanol–water partition coefficient (Wildman–Crippen LogP) is 1.32. The molecule has 1 aromatic rings. The summed E-state index contributed by atoms with van der Waals surface area (Å²) in [6, 6.07) is 4.49. The zero-order valence-corrected chi connectivity index (χ0v) is 8.61. The molecule has 1 aliphatic rings. The van der Waals surface area contributed by atoms with Gasteiger partial charge in [-0.05, 0) is 31.4 Å². The highest BCUT2D eigenvalue weighted by Gasteiger charge is 2.17. The molecule has 0 saturated carbocycles. The summed E-state index contributed by atoms with van der Waals surface area (Å²) in [6.07, 6.45) is 4.23. The van der Waals surface area contributed by atoms with Crippen molar-refractivity contribution >= 4 is 5.82 Å². The van der Waals surface area contributed by atoms with Crippen LogP contribution in [0.3, 0.4) is 0 Å². The first-order valence-electron chi connectivity index (χ1n) is 5.19. The summed E-state index contributed by atoms with van der Waals surface area (Å²) in [5.41, 5.74) is 7.13. The molecule has 0 aliphatic carbocycles. The Morgan fingerprint density at radius 2 is 2.36 bits per heavy atom. The molecule has 76 valence electrons. The molecule has 2 N–H and O–H groups in total. The Bertz CT molecular complexity index is 294. The molecule has 0 unspecified atom stereocenters. The lowest BCUT2D eigenvalue weighted by Gasteiger charge is -2.31. The number of aromatic nitrogens is 1. The second-order valence-corrected chi connectivity index (χ2v) is 4.04. The minimum atomic E-state index is 0.312. The maximum Gasteiger partial charge on any atom is 0.128 e. The molecule has 14 heavy (non-hydrogen) atoms. The summed E-state index contributed by atoms with van der Waals surface area (Å²) in [5.74, 6) is 1.06. The van der Waals surface area contributed by atoms with E-state index in [-0.39, 0.29) is 0 Å². The number of rotatable bonds is 1. The quantitative estimate of drug-likeness (QED) is 0.728. The van der Waals surface area contributed by atoms with Gasteiger partial charge >= 0.3 is 0 Å². The first kappa shape index (κ1) is 9.46. The van der Waals surface area contributed by atoms with Crippen LogP contribution in [0.2, 0.25) is 0 Å². The number of pyridine rings is 1. The number of nitrogens with zero attached hydrogens (tertiary/aromatic N) is 2. The number of hydrogen-bond acceptors (Lipinski definition) is 3. The molecule has 0 radical (unpaired) electrons. The summed E-state index contributed by atoms with van der Waals surface area (Å²) in [7, 11) is 0. The highest BCUT2D eigenvalue weighted by atomic mass is 15.2. The Balaban J connectivity index is 2.10. The molecule has 0 amide bonds. The molecular formula is C11H17N3. The Labute approximate surface area is 84.9 Å². The molecule has 1 aliphatic heterocycles. The van der Waals surface area contributed by atoms with E-state index in [0.29, 0.717) is 6.04 Å². The van der Waals surface area contributed by atoms with Crippen LogP contribution in [0.4, 0.5) is 5.82 Å². The Kier molecular flexibility index (Phi) is 2.68. The largest absolute Gasteiger partial charge is 0.355 e. The van der Waals surface area contributed by atoms with Crippen LogP contribution in [-0.4, -0.2) is 24.1 Å². The first-order chi connectivity index (χ1) is 6.75. The van der Waals surface area contributed by atoms with Crippen LogP contribution in [0.5, 0.6) is 0 Å². The van der Waals surface area contributed by atoms with E-state index >= 15 is 0 Å². The van der Waals surface area contributed by atoms with Crippen molar-refractivity contribution in [3.05, 3.63) is 23.9 Å². The standard InChI is InChI=1S/C11H17N3/c1-9-4-5-11(13-7-9)14-6-2-3-10(12)8-14/h4-5,7,10H,2-3,6,8,12H2,1H3/t10-/m1/s1. The van der Waals surface area contributed by atoms with Gasteiger partial charge in [-0.25, -0.2) is 4.98 Å². The molecule has 2 rings (SSSR count). The van der Waals surface area contributed by atoms with Gasteiger partial charge in [0, 0.05) is 25.3 Å². The Hall–Kier alpha value is -1.09. The highest BCUT2D eigenvalue weighted by molar-refractivity contribution is 5.39. The van der Waals surface area contributed by atoms with E-state index in [1.165, 1.54) is 12.0 Å². The lowest BCUT2D eigenvalue weighted by atomic mass is 10.1. The molecular weight excluding hydrogens is 174 g/mol. The average Bonchev–Trinajstić information content (AvgIpc) is 2.19. The minimum absolute atomic E-state index is 0.312. The molecule has 0 spiro atoms. The fraction of sp³-hybridized carbons (Fsp3) is 0.545. The molecule has 0 aromatic carbocycles. The summed E-state index contributed by atoms with van der Waals surface area (Å²) < 4.78 is 0. The number of nitrogens with two attached hydrogens (primary N) is 1. The van der Waals surface area contributed by atoms with E-state index < -0.39 is 0 Å². The van der Waals surface area contributed by atoms with Crippen LogP contribution in [0, 0.1) is 6.92 Å². The minimum Gasteiger partial charge on any atom is -0.355 e. The molecule has 1 atom stereocenters. The van der Waals surface area contributed by atoms with E-state index in [4.69, 9.17) is 5.73 Å². The van der Waals surface area contributed by atoms with Crippen molar-refractivity contribution < 1.29 is 0 Å². The van der Waals surface area contributed by atoms with Gasteiger partial charge < -0.3 is 10.6 Å². The van der Waals surface area contributed by atoms with Crippen molar-refractivity contribution in [2.24, 2.45) is 5.73 Å². The summed E-state index contributed by atoms with van der Waals surface area (Å²) in [4.78, 5) is 6.68. The Morgan fingerprint density at radius 3 is 3.00 bits per heavy atom. The fourth-order valence-corrected chi connectivity index (χ4v) is 1.87. The summed E-state index contributed by atoms with van der Waals surface area (Å²) >= 11 is 0. The lowest BCUT2D eigenvalue weighted by Crippen LogP contribution is -2.43. The third-order valence-corrected chi connectivity index (χ3v) is 2.68. The van der Waals surface area contributed by atoms with Crippen molar-refractivity contribution in [2.75, 3.05) is 18.0 Å². The zero-order valence-electron chi connectivity index (χ0n) is 8.61. The molecule has 2 heterocycles. The summed E-state index contributed by atoms with van der Waals surface area (Å²) in [5, 5.41) is 0. The van der Waals surface area contributed by atoms with Crippen LogP contribution in [0.25, 0.3) is 0 Å². The maximum atomic E-state index is 5.92. The monoisotopic (exact) mass is 191 g/mol. The van der Waals surface area contributed by atoms with Crippen LogP contribution >= 0.6 is 0 Å². The number of aryl methyl sites for hydroxylation is 1. The first-order valence-corrected chi connectivity index (χ1v) is 5.19. The molecule has 3 heteroatoms. The Morgan fingerprint density at radius 1 is 1.50 bits per heavy atom. The average molecular weight is 191 g/mol. The highest BCUT2D eigenvalue weighted by Crippen LogP contribution is 2.16. The third kappa shape index (κ3) is 2.04. The van der Waals surface area contributed by atoms with Crippen molar-refractivity contribution in [3.63, 3.8) is 0 Å². The lowest BCUT2D eigenvalue weighted by molar-refractivity contribution is 0.503. The SMILES string of the molecule is Cc1ccc(N2CCC[C@@H](N)C2)nc1. The van der Waals surface area contributed by atoms with Crippen LogP contribution in [0.15, 0.2) is 18.3 Å². The topological polar surface area (TPSA) is 42.1 Å². The zero-order chi connectivity index (χ0) is 9.97. The van der Waals surface area contributed by atoms with Gasteiger partial charge in [-0.15, -0.1) is 0 Å². The van der Waals surface area contributed by atoms with E-state index in [9.17, 15) is 0 Å². The molecule has 0 bridgehead atoms. The van der Waals surface area contributed by atoms with Crippen molar-refractivity contribution in [1.29, 1.82) is 0 Å². The van der Waals surface area contributed by atoms with Crippen molar-refractivity contribution in [3.8, 4) is 0 Å². The number of anilines is 1. The maximum absolute atomic E-state index is 5.92. The smallest absolute Gasteiger partial charge is 0.128 e.